The summed E-state index contributed by atoms with van der Waals surface area (Å²) in [5, 5.41) is 17.1. The molecule has 2 aromatic heterocycles. The molecule has 0 radical (unpaired) electrons. The van der Waals surface area contributed by atoms with Crippen molar-refractivity contribution in [2.45, 2.75) is 10.4 Å². The van der Waals surface area contributed by atoms with Gasteiger partial charge < -0.3 is 8.83 Å². The lowest BCUT2D eigenvalue weighted by Crippen LogP contribution is -1.85. The summed E-state index contributed by atoms with van der Waals surface area (Å²) in [4.78, 5) is 0. The molecule has 9 heteroatoms. The molecule has 1 aromatic carbocycles. The van der Waals surface area contributed by atoms with E-state index in [1.165, 1.54) is 23.5 Å². The number of hydrogen-bond acceptors (Lipinski definition) is 8. The van der Waals surface area contributed by atoms with E-state index in [1.54, 1.807) is 0 Å². The van der Waals surface area contributed by atoms with Crippen molar-refractivity contribution in [1.29, 1.82) is 0 Å². The molecule has 0 unspecified atom stereocenters. The zero-order chi connectivity index (χ0) is 14.8. The van der Waals surface area contributed by atoms with Gasteiger partial charge >= 0.3 is 0 Å². The Balaban J connectivity index is 2.03. The van der Waals surface area contributed by atoms with Gasteiger partial charge in [0.05, 0.1) is 0 Å². The van der Waals surface area contributed by atoms with Gasteiger partial charge in [0, 0.05) is 14.7 Å². The van der Waals surface area contributed by atoms with Gasteiger partial charge in [-0.1, -0.05) is 23.5 Å². The number of benzene rings is 1. The molecule has 0 aliphatic carbocycles. The quantitative estimate of drug-likeness (QED) is 0.455. The standard InChI is InChI=1S/C12H9IN4O2S2/c1-20-11-16-14-9(18-11)6-3-7(5-8(13)4-6)10-15-17-12(19-10)21-2/h3-5H,1-2H3. The molecule has 0 aliphatic heterocycles. The van der Waals surface area contributed by atoms with E-state index in [0.717, 1.165) is 14.7 Å². The van der Waals surface area contributed by atoms with Crippen molar-refractivity contribution in [2.24, 2.45) is 0 Å². The zero-order valence-electron chi connectivity index (χ0n) is 11.0. The van der Waals surface area contributed by atoms with Gasteiger partial charge in [-0.3, -0.25) is 0 Å². The summed E-state index contributed by atoms with van der Waals surface area (Å²) in [5.74, 6) is 0.951. The minimum absolute atomic E-state index is 0.476. The monoisotopic (exact) mass is 432 g/mol. The van der Waals surface area contributed by atoms with Gasteiger partial charge in [-0.05, 0) is 53.3 Å². The van der Waals surface area contributed by atoms with Gasteiger partial charge in [0.25, 0.3) is 10.4 Å². The normalized spacial score (nSPS) is 11.0. The predicted molar refractivity (Wildman–Crippen MR) is 89.3 cm³/mol. The molecule has 0 atom stereocenters. The van der Waals surface area contributed by atoms with Crippen molar-refractivity contribution in [1.82, 2.24) is 20.4 Å². The number of halogens is 1. The molecule has 0 aliphatic rings. The molecule has 21 heavy (non-hydrogen) atoms. The first-order valence-corrected chi connectivity index (χ1v) is 9.28. The van der Waals surface area contributed by atoms with Crippen molar-refractivity contribution in [2.75, 3.05) is 12.5 Å². The highest BCUT2D eigenvalue weighted by atomic mass is 127. The number of aromatic nitrogens is 4. The van der Waals surface area contributed by atoms with E-state index in [9.17, 15) is 0 Å². The molecule has 0 amide bonds. The molecule has 3 aromatic rings. The van der Waals surface area contributed by atoms with Crippen LogP contribution in [0.25, 0.3) is 22.9 Å². The predicted octanol–water partition coefficient (Wildman–Crippen LogP) is 3.84. The van der Waals surface area contributed by atoms with Crippen LogP contribution in [0.1, 0.15) is 0 Å². The van der Waals surface area contributed by atoms with Crippen LogP contribution in [0.5, 0.6) is 0 Å². The maximum absolute atomic E-state index is 5.56. The second-order valence-corrected chi connectivity index (χ2v) is 6.64. The first-order valence-electron chi connectivity index (χ1n) is 5.76. The number of rotatable bonds is 4. The van der Waals surface area contributed by atoms with Crippen LogP contribution in [0.3, 0.4) is 0 Å². The van der Waals surface area contributed by atoms with Crippen LogP contribution in [0.2, 0.25) is 0 Å². The second kappa shape index (κ2) is 6.36. The maximum Gasteiger partial charge on any atom is 0.276 e. The van der Waals surface area contributed by atoms with Crippen LogP contribution in [0.4, 0.5) is 0 Å². The SMILES string of the molecule is CSc1nnc(-c2cc(I)cc(-c3nnc(SC)o3)c2)o1. The summed E-state index contributed by atoms with van der Waals surface area (Å²) in [6.07, 6.45) is 3.78. The fourth-order valence-corrected chi connectivity index (χ4v) is 2.89. The van der Waals surface area contributed by atoms with Crippen LogP contribution in [-0.4, -0.2) is 32.9 Å². The number of thioether (sulfide) groups is 2. The molecule has 0 bridgehead atoms. The van der Waals surface area contributed by atoms with Gasteiger partial charge in [0.15, 0.2) is 0 Å². The third-order valence-electron chi connectivity index (χ3n) is 2.55. The van der Waals surface area contributed by atoms with Crippen molar-refractivity contribution in [3.8, 4) is 22.9 Å². The molecule has 2 heterocycles. The third kappa shape index (κ3) is 3.24. The van der Waals surface area contributed by atoms with Crippen molar-refractivity contribution >= 4 is 46.1 Å². The zero-order valence-corrected chi connectivity index (χ0v) is 14.8. The lowest BCUT2D eigenvalue weighted by Gasteiger charge is -2.00. The first kappa shape index (κ1) is 14.9. The van der Waals surface area contributed by atoms with E-state index in [4.69, 9.17) is 8.83 Å². The molecule has 0 fully saturated rings. The maximum atomic E-state index is 5.56. The molecule has 0 spiro atoms. The minimum Gasteiger partial charge on any atom is -0.411 e. The Morgan fingerprint density at radius 3 is 1.67 bits per heavy atom. The average molecular weight is 432 g/mol. The van der Waals surface area contributed by atoms with Gasteiger partial charge in [-0.15, -0.1) is 20.4 Å². The lowest BCUT2D eigenvalue weighted by atomic mass is 10.1. The Morgan fingerprint density at radius 2 is 1.29 bits per heavy atom. The molecule has 0 saturated heterocycles. The molecule has 108 valence electrons. The van der Waals surface area contributed by atoms with Crippen molar-refractivity contribution < 1.29 is 8.83 Å². The van der Waals surface area contributed by atoms with Crippen LogP contribution in [0, 0.1) is 3.57 Å². The molecule has 6 nitrogen and oxygen atoms in total. The van der Waals surface area contributed by atoms with E-state index in [1.807, 2.05) is 30.7 Å². The van der Waals surface area contributed by atoms with E-state index in [2.05, 4.69) is 43.0 Å². The van der Waals surface area contributed by atoms with Crippen LogP contribution in [0.15, 0.2) is 37.5 Å². The topological polar surface area (TPSA) is 77.8 Å². The Bertz CT molecular complexity index is 714. The Morgan fingerprint density at radius 1 is 0.810 bits per heavy atom. The van der Waals surface area contributed by atoms with Gasteiger partial charge in [0.1, 0.15) is 0 Å². The summed E-state index contributed by atoms with van der Waals surface area (Å²) in [7, 11) is 0. The highest BCUT2D eigenvalue weighted by Crippen LogP contribution is 2.29. The molecule has 0 saturated carbocycles. The van der Waals surface area contributed by atoms with Crippen molar-refractivity contribution in [3.05, 3.63) is 21.8 Å². The second-order valence-electron chi connectivity index (χ2n) is 3.88. The van der Waals surface area contributed by atoms with E-state index >= 15 is 0 Å². The molecular formula is C12H9IN4O2S2. The third-order valence-corrected chi connectivity index (χ3v) is 4.21. The fraction of sp³-hybridized carbons (Fsp3) is 0.167. The van der Waals surface area contributed by atoms with E-state index in [-0.39, 0.29) is 0 Å². The lowest BCUT2D eigenvalue weighted by molar-refractivity contribution is 0.465. The van der Waals surface area contributed by atoms with E-state index in [0.29, 0.717) is 22.2 Å². The fourth-order valence-electron chi connectivity index (χ4n) is 1.65. The average Bonchev–Trinajstić information content (AvgIpc) is 3.15. The summed E-state index contributed by atoms with van der Waals surface area (Å²) in [6.45, 7) is 0. The summed E-state index contributed by atoms with van der Waals surface area (Å²) in [5.41, 5.74) is 1.65. The van der Waals surface area contributed by atoms with Crippen LogP contribution < -0.4 is 0 Å². The summed E-state index contributed by atoms with van der Waals surface area (Å²) >= 11 is 5.05. The number of nitrogens with zero attached hydrogens (tertiary/aromatic N) is 4. The largest absolute Gasteiger partial charge is 0.411 e. The Kier molecular flexibility index (Phi) is 4.50. The van der Waals surface area contributed by atoms with Gasteiger partial charge in [-0.25, -0.2) is 0 Å². The van der Waals surface area contributed by atoms with E-state index < -0.39 is 0 Å². The Labute approximate surface area is 142 Å². The van der Waals surface area contributed by atoms with Crippen LogP contribution in [-0.2, 0) is 0 Å². The number of hydrogen-bond donors (Lipinski definition) is 0. The van der Waals surface area contributed by atoms with Crippen molar-refractivity contribution in [3.63, 3.8) is 0 Å². The summed E-state index contributed by atoms with van der Waals surface area (Å²) < 4.78 is 12.1. The molecular weight excluding hydrogens is 423 g/mol. The van der Waals surface area contributed by atoms with Gasteiger partial charge in [-0.2, -0.15) is 0 Å². The Hall–Kier alpha value is -1.07. The highest BCUT2D eigenvalue weighted by Gasteiger charge is 2.14. The molecule has 0 N–H and O–H groups in total. The summed E-state index contributed by atoms with van der Waals surface area (Å²) in [6, 6.07) is 5.83. The van der Waals surface area contributed by atoms with Gasteiger partial charge in [0.2, 0.25) is 11.8 Å². The van der Waals surface area contributed by atoms with Crippen LogP contribution >= 0.6 is 46.1 Å². The smallest absolute Gasteiger partial charge is 0.276 e. The highest BCUT2D eigenvalue weighted by molar-refractivity contribution is 14.1. The minimum atomic E-state index is 0.476. The first-order chi connectivity index (χ1) is 10.2. The molecule has 3 rings (SSSR count).